The summed E-state index contributed by atoms with van der Waals surface area (Å²) in [6.45, 7) is 3.55. The fourth-order valence-corrected chi connectivity index (χ4v) is 1.82. The molecule has 15 heavy (non-hydrogen) atoms. The van der Waals surface area contributed by atoms with Crippen molar-refractivity contribution in [3.63, 3.8) is 0 Å². The van der Waals surface area contributed by atoms with E-state index in [2.05, 4.69) is 0 Å². The average Bonchev–Trinajstić information content (AvgIpc) is 2.22. The second-order valence-corrected chi connectivity index (χ2v) is 3.88. The molecule has 0 spiro atoms. The summed E-state index contributed by atoms with van der Waals surface area (Å²) in [6, 6.07) is 4.17. The zero-order valence-electron chi connectivity index (χ0n) is 9.19. The molecule has 3 heteroatoms. The molecule has 1 nitrogen and oxygen atoms in total. The van der Waals surface area contributed by atoms with E-state index < -0.39 is 11.5 Å². The van der Waals surface area contributed by atoms with Crippen molar-refractivity contribution in [3.8, 4) is 0 Å². The summed E-state index contributed by atoms with van der Waals surface area (Å²) in [6.07, 6.45) is 1.01. The van der Waals surface area contributed by atoms with Crippen molar-refractivity contribution in [1.82, 2.24) is 0 Å². The average molecular weight is 213 g/mol. The minimum absolute atomic E-state index is 0.106. The number of nitrogens with two attached hydrogens (primary N) is 1. The fraction of sp³-hybridized carbons (Fsp3) is 0.500. The predicted molar refractivity (Wildman–Crippen MR) is 57.9 cm³/mol. The molecule has 0 aliphatic carbocycles. The van der Waals surface area contributed by atoms with Crippen molar-refractivity contribution in [2.24, 2.45) is 5.73 Å². The van der Waals surface area contributed by atoms with Crippen LogP contribution in [0, 0.1) is 12.7 Å². The van der Waals surface area contributed by atoms with E-state index >= 15 is 0 Å². The second kappa shape index (κ2) is 4.71. The van der Waals surface area contributed by atoms with Gasteiger partial charge in [0, 0.05) is 6.54 Å². The van der Waals surface area contributed by atoms with Crippen molar-refractivity contribution in [2.75, 3.05) is 6.54 Å². The maximum absolute atomic E-state index is 14.4. The van der Waals surface area contributed by atoms with E-state index in [4.69, 9.17) is 5.73 Å². The van der Waals surface area contributed by atoms with E-state index in [0.29, 0.717) is 18.4 Å². The lowest BCUT2D eigenvalue weighted by Crippen LogP contribution is -2.31. The van der Waals surface area contributed by atoms with Crippen LogP contribution in [0.2, 0.25) is 0 Å². The molecule has 1 aromatic rings. The van der Waals surface area contributed by atoms with Crippen LogP contribution in [0.15, 0.2) is 18.2 Å². The molecule has 0 heterocycles. The molecule has 0 fully saturated rings. The molecule has 0 saturated carbocycles. The molecule has 1 atom stereocenters. The largest absolute Gasteiger partial charge is 0.327 e. The normalized spacial score (nSPS) is 15.0. The van der Waals surface area contributed by atoms with Crippen LogP contribution in [0.5, 0.6) is 0 Å². The second-order valence-electron chi connectivity index (χ2n) is 3.88. The molecule has 84 valence electrons. The fourth-order valence-electron chi connectivity index (χ4n) is 1.82. The van der Waals surface area contributed by atoms with Gasteiger partial charge in [-0.05, 0) is 36.6 Å². The zero-order valence-corrected chi connectivity index (χ0v) is 9.19. The molecule has 0 bridgehead atoms. The zero-order chi connectivity index (χ0) is 11.5. The first-order chi connectivity index (χ1) is 7.03. The van der Waals surface area contributed by atoms with Crippen molar-refractivity contribution >= 4 is 0 Å². The summed E-state index contributed by atoms with van der Waals surface area (Å²) in [5, 5.41) is 0. The highest BCUT2D eigenvalue weighted by Gasteiger charge is 2.31. The lowest BCUT2D eigenvalue weighted by Gasteiger charge is -2.25. The molecule has 0 aliphatic heterocycles. The first kappa shape index (κ1) is 12.1. The summed E-state index contributed by atoms with van der Waals surface area (Å²) < 4.78 is 27.4. The minimum atomic E-state index is -1.60. The number of halogens is 2. The van der Waals surface area contributed by atoms with Gasteiger partial charge in [-0.25, -0.2) is 8.78 Å². The molecular formula is C12H17F2N. The summed E-state index contributed by atoms with van der Waals surface area (Å²) in [5.74, 6) is -0.415. The molecule has 1 rings (SSSR count). The number of benzene rings is 1. The highest BCUT2D eigenvalue weighted by atomic mass is 19.1. The number of hydrogen-bond donors (Lipinski definition) is 1. The molecule has 0 amide bonds. The van der Waals surface area contributed by atoms with Crippen molar-refractivity contribution in [2.45, 2.75) is 32.4 Å². The van der Waals surface area contributed by atoms with Crippen LogP contribution in [0.25, 0.3) is 0 Å². The third-order valence-electron chi connectivity index (χ3n) is 2.65. The van der Waals surface area contributed by atoms with Gasteiger partial charge in [-0.3, -0.25) is 0 Å². The van der Waals surface area contributed by atoms with E-state index in [1.165, 1.54) is 12.1 Å². The highest BCUT2D eigenvalue weighted by Crippen LogP contribution is 2.32. The number of hydrogen-bond acceptors (Lipinski definition) is 1. The Balaban J connectivity index is 3.16. The van der Waals surface area contributed by atoms with Crippen LogP contribution in [-0.2, 0) is 5.67 Å². The molecule has 1 unspecified atom stereocenters. The first-order valence-corrected chi connectivity index (χ1v) is 5.19. The molecule has 2 N–H and O–H groups in total. The third kappa shape index (κ3) is 2.53. The van der Waals surface area contributed by atoms with Crippen LogP contribution in [0.3, 0.4) is 0 Å². The van der Waals surface area contributed by atoms with E-state index in [-0.39, 0.29) is 6.54 Å². The van der Waals surface area contributed by atoms with Gasteiger partial charge in [0.05, 0.1) is 0 Å². The minimum Gasteiger partial charge on any atom is -0.327 e. The number of alkyl halides is 1. The van der Waals surface area contributed by atoms with E-state index in [1.54, 1.807) is 13.0 Å². The first-order valence-electron chi connectivity index (χ1n) is 5.19. The van der Waals surface area contributed by atoms with Crippen molar-refractivity contribution in [3.05, 3.63) is 35.1 Å². The van der Waals surface area contributed by atoms with Gasteiger partial charge in [-0.2, -0.15) is 0 Å². The van der Waals surface area contributed by atoms with Gasteiger partial charge >= 0.3 is 0 Å². The topological polar surface area (TPSA) is 26.0 Å². The van der Waals surface area contributed by atoms with Crippen LogP contribution in [-0.4, -0.2) is 6.54 Å². The summed E-state index contributed by atoms with van der Waals surface area (Å²) in [7, 11) is 0. The Hall–Kier alpha value is -0.960. The van der Waals surface area contributed by atoms with Gasteiger partial charge < -0.3 is 5.73 Å². The molecule has 0 aromatic heterocycles. The third-order valence-corrected chi connectivity index (χ3v) is 2.65. The smallest absolute Gasteiger partial charge is 0.148 e. The van der Waals surface area contributed by atoms with Gasteiger partial charge in [0.1, 0.15) is 11.5 Å². The van der Waals surface area contributed by atoms with Crippen LogP contribution in [0.4, 0.5) is 8.78 Å². The maximum Gasteiger partial charge on any atom is 0.148 e. The number of rotatable bonds is 4. The van der Waals surface area contributed by atoms with Gasteiger partial charge in [-0.15, -0.1) is 0 Å². The maximum atomic E-state index is 14.4. The van der Waals surface area contributed by atoms with Crippen molar-refractivity contribution < 1.29 is 8.78 Å². The lowest BCUT2D eigenvalue weighted by molar-refractivity contribution is 0.158. The van der Waals surface area contributed by atoms with Gasteiger partial charge in [0.15, 0.2) is 0 Å². The van der Waals surface area contributed by atoms with E-state index in [1.807, 2.05) is 6.92 Å². The van der Waals surface area contributed by atoms with Gasteiger partial charge in [0.25, 0.3) is 0 Å². The Kier molecular flexibility index (Phi) is 3.80. The van der Waals surface area contributed by atoms with Gasteiger partial charge in [-0.1, -0.05) is 19.4 Å². The Bertz CT molecular complexity index is 338. The molecule has 0 aliphatic rings. The van der Waals surface area contributed by atoms with E-state index in [0.717, 1.165) is 5.56 Å². The van der Waals surface area contributed by atoms with E-state index in [9.17, 15) is 8.78 Å². The predicted octanol–water partition coefficient (Wildman–Crippen LogP) is 3.06. The van der Waals surface area contributed by atoms with Crippen LogP contribution >= 0.6 is 0 Å². The van der Waals surface area contributed by atoms with Gasteiger partial charge in [0.2, 0.25) is 0 Å². The summed E-state index contributed by atoms with van der Waals surface area (Å²) >= 11 is 0. The SMILES string of the molecule is CCCC(F)(CN)c1cc(F)ccc1C. The molecule has 0 radical (unpaired) electrons. The summed E-state index contributed by atoms with van der Waals surface area (Å²) in [4.78, 5) is 0. The van der Waals surface area contributed by atoms with Crippen LogP contribution in [0.1, 0.15) is 30.9 Å². The Morgan fingerprint density at radius 2 is 2.07 bits per heavy atom. The lowest BCUT2D eigenvalue weighted by atomic mass is 9.88. The molecule has 0 saturated heterocycles. The number of aryl methyl sites for hydroxylation is 1. The monoisotopic (exact) mass is 213 g/mol. The molecule has 1 aromatic carbocycles. The standard InChI is InChI=1S/C12H17F2N/c1-3-6-12(14,8-15)11-7-10(13)5-4-9(11)2/h4-5,7H,3,6,8,15H2,1-2H3. The highest BCUT2D eigenvalue weighted by molar-refractivity contribution is 5.32. The van der Waals surface area contributed by atoms with Crippen LogP contribution < -0.4 is 5.73 Å². The Morgan fingerprint density at radius 1 is 1.40 bits per heavy atom. The Morgan fingerprint density at radius 3 is 2.60 bits per heavy atom. The summed E-state index contributed by atoms with van der Waals surface area (Å²) in [5.41, 5.74) is 4.98. The van der Waals surface area contributed by atoms with Crippen molar-refractivity contribution in [1.29, 1.82) is 0 Å². The quantitative estimate of drug-likeness (QED) is 0.817. The Labute approximate surface area is 89.3 Å². The molecular weight excluding hydrogens is 196 g/mol.